The van der Waals surface area contributed by atoms with Crippen molar-refractivity contribution in [1.82, 2.24) is 15.1 Å². The van der Waals surface area contributed by atoms with Gasteiger partial charge in [-0.25, -0.2) is 0 Å². The van der Waals surface area contributed by atoms with Gasteiger partial charge in [-0.05, 0) is 44.3 Å². The average Bonchev–Trinajstić information content (AvgIpc) is 3.22. The summed E-state index contributed by atoms with van der Waals surface area (Å²) in [5.74, 6) is 0.360. The van der Waals surface area contributed by atoms with E-state index in [1.54, 1.807) is 11.3 Å². The molecule has 4 nitrogen and oxygen atoms in total. The Morgan fingerprint density at radius 1 is 1.38 bits per heavy atom. The number of carbonyl (C=O) groups is 1. The second-order valence-corrected chi connectivity index (χ2v) is 7.75. The maximum Gasteiger partial charge on any atom is 0.244 e. The summed E-state index contributed by atoms with van der Waals surface area (Å²) in [6, 6.07) is 4.61. The second kappa shape index (κ2) is 5.07. The number of hydrogen-bond acceptors (Lipinski definition) is 4. The first kappa shape index (κ1) is 13.7. The Kier molecular flexibility index (Phi) is 3.32. The number of rotatable bonds is 2. The number of thiophene rings is 1. The third-order valence-corrected chi connectivity index (χ3v) is 6.29. The molecule has 2 atom stereocenters. The van der Waals surface area contributed by atoms with Crippen molar-refractivity contribution < 1.29 is 4.79 Å². The summed E-state index contributed by atoms with van der Waals surface area (Å²) in [5, 5.41) is 5.84. The lowest BCUT2D eigenvalue weighted by Crippen LogP contribution is -2.46. The minimum absolute atomic E-state index is 0.0899. The highest BCUT2D eigenvalue weighted by Gasteiger charge is 2.55. The number of carbonyl (C=O) groups excluding carboxylic acids is 1. The molecule has 3 heterocycles. The van der Waals surface area contributed by atoms with Crippen LogP contribution >= 0.6 is 11.3 Å². The summed E-state index contributed by atoms with van der Waals surface area (Å²) in [5.41, 5.74) is -0.268. The van der Waals surface area contributed by atoms with E-state index in [9.17, 15) is 4.79 Å². The Hall–Kier alpha value is -0.910. The molecular weight excluding hydrogens is 282 g/mol. The van der Waals surface area contributed by atoms with E-state index in [2.05, 4.69) is 39.7 Å². The molecule has 3 fully saturated rings. The van der Waals surface area contributed by atoms with Gasteiger partial charge in [0.25, 0.3) is 0 Å². The van der Waals surface area contributed by atoms with E-state index in [4.69, 9.17) is 0 Å². The van der Waals surface area contributed by atoms with Crippen LogP contribution < -0.4 is 5.32 Å². The van der Waals surface area contributed by atoms with Crippen LogP contribution in [-0.2, 0) is 4.79 Å². The van der Waals surface area contributed by atoms with E-state index < -0.39 is 0 Å². The van der Waals surface area contributed by atoms with E-state index in [0.717, 1.165) is 32.4 Å². The molecule has 114 valence electrons. The highest BCUT2D eigenvalue weighted by molar-refractivity contribution is 7.10. The van der Waals surface area contributed by atoms with Crippen LogP contribution in [0, 0.1) is 0 Å². The fourth-order valence-corrected chi connectivity index (χ4v) is 5.04. The zero-order valence-electron chi connectivity index (χ0n) is 12.5. The Morgan fingerprint density at radius 2 is 2.19 bits per heavy atom. The number of amides is 1. The molecule has 1 saturated carbocycles. The molecule has 1 aromatic heterocycles. The second-order valence-electron chi connectivity index (χ2n) is 6.77. The van der Waals surface area contributed by atoms with Crippen LogP contribution in [0.15, 0.2) is 17.5 Å². The molecule has 21 heavy (non-hydrogen) atoms. The van der Waals surface area contributed by atoms with Crippen molar-refractivity contribution in [3.8, 4) is 0 Å². The average molecular weight is 305 g/mol. The van der Waals surface area contributed by atoms with Gasteiger partial charge < -0.3 is 9.80 Å². The van der Waals surface area contributed by atoms with Gasteiger partial charge in [0.1, 0.15) is 6.17 Å². The van der Waals surface area contributed by atoms with Gasteiger partial charge in [-0.2, -0.15) is 0 Å². The van der Waals surface area contributed by atoms with E-state index in [1.165, 1.54) is 17.7 Å². The monoisotopic (exact) mass is 305 g/mol. The fourth-order valence-electron chi connectivity index (χ4n) is 4.26. The molecule has 3 aliphatic rings. The van der Waals surface area contributed by atoms with Crippen molar-refractivity contribution in [2.75, 3.05) is 20.1 Å². The van der Waals surface area contributed by atoms with Crippen LogP contribution in [0.1, 0.15) is 43.1 Å². The predicted octanol–water partition coefficient (Wildman–Crippen LogP) is 2.20. The smallest absolute Gasteiger partial charge is 0.244 e. The van der Waals surface area contributed by atoms with Gasteiger partial charge in [-0.3, -0.25) is 10.1 Å². The first-order valence-corrected chi connectivity index (χ1v) is 8.90. The minimum atomic E-state index is -0.268. The summed E-state index contributed by atoms with van der Waals surface area (Å²) in [6.07, 6.45) is 5.55. The van der Waals surface area contributed by atoms with Crippen molar-refractivity contribution >= 4 is 17.2 Å². The largest absolute Gasteiger partial charge is 0.316 e. The number of likely N-dealkylation sites (N-methyl/N-ethyl adjacent to an activating group) is 1. The zero-order chi connectivity index (χ0) is 14.4. The Bertz CT molecular complexity index is 524. The first-order chi connectivity index (χ1) is 10.2. The molecule has 5 heteroatoms. The van der Waals surface area contributed by atoms with Crippen LogP contribution in [0.4, 0.5) is 0 Å². The van der Waals surface area contributed by atoms with Crippen LogP contribution in [0.2, 0.25) is 0 Å². The quantitative estimate of drug-likeness (QED) is 0.910. The minimum Gasteiger partial charge on any atom is -0.316 e. The van der Waals surface area contributed by atoms with Crippen LogP contribution in [0.5, 0.6) is 0 Å². The van der Waals surface area contributed by atoms with Crippen molar-refractivity contribution in [1.29, 1.82) is 0 Å². The standard InChI is InChI=1S/C16H23N3OS/c1-18-9-6-12(11-18)19-14(13-5-4-10-21-13)17-16(15(19)20)7-2-3-8-16/h4-5,10,12,14,17H,2-3,6-9,11H2,1H3. The SMILES string of the molecule is CN1CCC(N2C(=O)C3(CCCC3)NC2c2cccs2)C1. The normalized spacial score (nSPS) is 32.6. The third kappa shape index (κ3) is 2.14. The molecule has 1 amide bonds. The lowest BCUT2D eigenvalue weighted by Gasteiger charge is -2.29. The summed E-state index contributed by atoms with van der Waals surface area (Å²) in [7, 11) is 2.15. The number of nitrogens with one attached hydrogen (secondary N) is 1. The molecular formula is C16H23N3OS. The zero-order valence-corrected chi connectivity index (χ0v) is 13.4. The van der Waals surface area contributed by atoms with Crippen LogP contribution in [0.25, 0.3) is 0 Å². The Balaban J connectivity index is 1.68. The van der Waals surface area contributed by atoms with Gasteiger partial charge in [0.15, 0.2) is 0 Å². The lowest BCUT2D eigenvalue weighted by atomic mass is 9.97. The van der Waals surface area contributed by atoms with Gasteiger partial charge >= 0.3 is 0 Å². The summed E-state index contributed by atoms with van der Waals surface area (Å²) in [4.78, 5) is 19.0. The predicted molar refractivity (Wildman–Crippen MR) is 84.1 cm³/mol. The highest BCUT2D eigenvalue weighted by Crippen LogP contribution is 2.43. The third-order valence-electron chi connectivity index (χ3n) is 5.36. The fraction of sp³-hybridized carbons (Fsp3) is 0.688. The van der Waals surface area contributed by atoms with E-state index in [1.807, 2.05) is 0 Å². The highest BCUT2D eigenvalue weighted by atomic mass is 32.1. The first-order valence-electron chi connectivity index (χ1n) is 8.02. The summed E-state index contributed by atoms with van der Waals surface area (Å²) in [6.45, 7) is 2.10. The van der Waals surface area contributed by atoms with Gasteiger partial charge in [-0.15, -0.1) is 11.3 Å². The molecule has 1 spiro atoms. The molecule has 2 unspecified atom stereocenters. The molecule has 0 aromatic carbocycles. The molecule has 0 radical (unpaired) electrons. The van der Waals surface area contributed by atoms with Crippen molar-refractivity contribution in [2.45, 2.75) is 49.9 Å². The number of likely N-dealkylation sites (tertiary alicyclic amines) is 1. The summed E-state index contributed by atoms with van der Waals surface area (Å²) < 4.78 is 0. The van der Waals surface area contributed by atoms with Gasteiger partial charge in [0.05, 0.1) is 5.54 Å². The number of hydrogen-bond donors (Lipinski definition) is 1. The van der Waals surface area contributed by atoms with Gasteiger partial charge in [0.2, 0.25) is 5.91 Å². The molecule has 1 aromatic rings. The van der Waals surface area contributed by atoms with Crippen molar-refractivity contribution in [3.05, 3.63) is 22.4 Å². The maximum absolute atomic E-state index is 13.2. The van der Waals surface area contributed by atoms with Crippen LogP contribution in [-0.4, -0.2) is 47.4 Å². The molecule has 1 N–H and O–H groups in total. The summed E-state index contributed by atoms with van der Waals surface area (Å²) >= 11 is 1.76. The van der Waals surface area contributed by atoms with E-state index in [-0.39, 0.29) is 11.7 Å². The molecule has 2 aliphatic heterocycles. The van der Waals surface area contributed by atoms with Crippen LogP contribution in [0.3, 0.4) is 0 Å². The van der Waals surface area contributed by atoms with E-state index in [0.29, 0.717) is 11.9 Å². The molecule has 0 bridgehead atoms. The maximum atomic E-state index is 13.2. The van der Waals surface area contributed by atoms with Gasteiger partial charge in [0, 0.05) is 17.5 Å². The topological polar surface area (TPSA) is 35.6 Å². The van der Waals surface area contributed by atoms with Crippen molar-refractivity contribution in [2.24, 2.45) is 0 Å². The Morgan fingerprint density at radius 3 is 2.81 bits per heavy atom. The molecule has 4 rings (SSSR count). The Labute approximate surface area is 130 Å². The lowest BCUT2D eigenvalue weighted by molar-refractivity contribution is -0.135. The van der Waals surface area contributed by atoms with Gasteiger partial charge in [-0.1, -0.05) is 18.9 Å². The number of nitrogens with zero attached hydrogens (tertiary/aromatic N) is 2. The molecule has 2 saturated heterocycles. The molecule has 1 aliphatic carbocycles. The van der Waals surface area contributed by atoms with E-state index >= 15 is 0 Å². The van der Waals surface area contributed by atoms with Crippen molar-refractivity contribution in [3.63, 3.8) is 0 Å².